The molecule has 1 N–H and O–H groups in total. The molecule has 1 saturated heterocycles. The number of nitrogens with zero attached hydrogens (tertiary/aromatic N) is 2. The zero-order valence-corrected chi connectivity index (χ0v) is 10.7. The lowest BCUT2D eigenvalue weighted by Crippen LogP contribution is -2.49. The van der Waals surface area contributed by atoms with Crippen LogP contribution in [0.5, 0.6) is 0 Å². The van der Waals surface area contributed by atoms with Gasteiger partial charge in [0.05, 0.1) is 10.7 Å². The zero-order chi connectivity index (χ0) is 11.5. The minimum Gasteiger partial charge on any atom is -0.314 e. The van der Waals surface area contributed by atoms with Gasteiger partial charge in [-0.1, -0.05) is 23.2 Å². The van der Waals surface area contributed by atoms with Gasteiger partial charge in [-0.15, -0.1) is 0 Å². The maximum atomic E-state index is 6.10. The second-order valence-corrected chi connectivity index (χ2v) is 4.88. The van der Waals surface area contributed by atoms with Crippen LogP contribution in [0.1, 0.15) is 12.6 Å². The predicted molar refractivity (Wildman–Crippen MR) is 67.0 cm³/mol. The number of rotatable bonds is 2. The van der Waals surface area contributed by atoms with Gasteiger partial charge in [-0.2, -0.15) is 0 Å². The lowest BCUT2D eigenvalue weighted by molar-refractivity contribution is 0.164. The Morgan fingerprint density at radius 3 is 3.06 bits per heavy atom. The number of piperazine rings is 1. The van der Waals surface area contributed by atoms with E-state index in [9.17, 15) is 0 Å². The molecule has 0 spiro atoms. The Morgan fingerprint density at radius 2 is 2.31 bits per heavy atom. The molecule has 2 rings (SSSR count). The molecule has 1 aromatic rings. The summed E-state index contributed by atoms with van der Waals surface area (Å²) in [4.78, 5) is 6.63. The summed E-state index contributed by atoms with van der Waals surface area (Å²) in [6.45, 7) is 6.01. The summed E-state index contributed by atoms with van der Waals surface area (Å²) in [6, 6.07) is 4.03. The highest BCUT2D eigenvalue weighted by Crippen LogP contribution is 2.19. The molecule has 1 aromatic heterocycles. The average molecular weight is 260 g/mol. The molecule has 1 aliphatic rings. The summed E-state index contributed by atoms with van der Waals surface area (Å²) in [7, 11) is 0. The number of nitrogens with one attached hydrogen (secondary N) is 1. The van der Waals surface area contributed by atoms with Crippen LogP contribution in [-0.4, -0.2) is 35.6 Å². The SMILES string of the molecule is CC1CNCCN1Cc1nc(Cl)ccc1Cl. The molecule has 0 saturated carbocycles. The van der Waals surface area contributed by atoms with Gasteiger partial charge in [0.1, 0.15) is 5.15 Å². The molecule has 16 heavy (non-hydrogen) atoms. The van der Waals surface area contributed by atoms with Crippen LogP contribution < -0.4 is 5.32 Å². The highest BCUT2D eigenvalue weighted by atomic mass is 35.5. The highest BCUT2D eigenvalue weighted by molar-refractivity contribution is 6.32. The maximum absolute atomic E-state index is 6.10. The van der Waals surface area contributed by atoms with Crippen LogP contribution in [0, 0.1) is 0 Å². The average Bonchev–Trinajstić information content (AvgIpc) is 2.27. The highest BCUT2D eigenvalue weighted by Gasteiger charge is 2.19. The quantitative estimate of drug-likeness (QED) is 0.826. The van der Waals surface area contributed by atoms with Gasteiger partial charge in [-0.3, -0.25) is 4.90 Å². The molecule has 0 aromatic carbocycles. The van der Waals surface area contributed by atoms with E-state index in [0.29, 0.717) is 16.2 Å². The summed E-state index contributed by atoms with van der Waals surface area (Å²) >= 11 is 12.0. The summed E-state index contributed by atoms with van der Waals surface area (Å²) in [5.74, 6) is 0. The molecule has 0 amide bonds. The topological polar surface area (TPSA) is 28.2 Å². The second-order valence-electron chi connectivity index (χ2n) is 4.09. The van der Waals surface area contributed by atoms with Crippen molar-refractivity contribution in [1.29, 1.82) is 0 Å². The largest absolute Gasteiger partial charge is 0.314 e. The first-order valence-electron chi connectivity index (χ1n) is 5.42. The fourth-order valence-electron chi connectivity index (χ4n) is 1.88. The molecule has 1 fully saturated rings. The zero-order valence-electron chi connectivity index (χ0n) is 9.21. The van der Waals surface area contributed by atoms with Crippen molar-refractivity contribution in [2.24, 2.45) is 0 Å². The lowest BCUT2D eigenvalue weighted by atomic mass is 10.2. The molecule has 0 radical (unpaired) electrons. The number of pyridine rings is 1. The Morgan fingerprint density at radius 1 is 1.50 bits per heavy atom. The van der Waals surface area contributed by atoms with E-state index in [4.69, 9.17) is 23.2 Å². The van der Waals surface area contributed by atoms with E-state index in [0.717, 1.165) is 31.9 Å². The molecular formula is C11H15Cl2N3. The molecule has 0 aliphatic carbocycles. The third kappa shape index (κ3) is 2.86. The molecule has 2 heterocycles. The van der Waals surface area contributed by atoms with Gasteiger partial charge >= 0.3 is 0 Å². The molecule has 1 unspecified atom stereocenters. The van der Waals surface area contributed by atoms with Gasteiger partial charge in [-0.25, -0.2) is 4.98 Å². The van der Waals surface area contributed by atoms with Gasteiger partial charge in [0.15, 0.2) is 0 Å². The van der Waals surface area contributed by atoms with Gasteiger partial charge in [0.25, 0.3) is 0 Å². The standard InChI is InChI=1S/C11H15Cl2N3/c1-8-6-14-4-5-16(8)7-10-9(12)2-3-11(13)15-10/h2-3,8,14H,4-7H2,1H3. The summed E-state index contributed by atoms with van der Waals surface area (Å²) in [5, 5.41) is 4.55. The first-order chi connectivity index (χ1) is 7.66. The number of hydrogen-bond acceptors (Lipinski definition) is 3. The van der Waals surface area contributed by atoms with Crippen LogP contribution >= 0.6 is 23.2 Å². The van der Waals surface area contributed by atoms with E-state index in [2.05, 4.69) is 22.1 Å². The van der Waals surface area contributed by atoms with Crippen molar-refractivity contribution in [3.63, 3.8) is 0 Å². The normalized spacial score (nSPS) is 22.3. The molecule has 1 atom stereocenters. The van der Waals surface area contributed by atoms with Crippen molar-refractivity contribution in [3.05, 3.63) is 28.0 Å². The molecule has 3 nitrogen and oxygen atoms in total. The number of aromatic nitrogens is 1. The van der Waals surface area contributed by atoms with Crippen LogP contribution in [0.25, 0.3) is 0 Å². The maximum Gasteiger partial charge on any atom is 0.129 e. The Hall–Kier alpha value is -0.350. The first kappa shape index (κ1) is 12.1. The number of halogens is 2. The van der Waals surface area contributed by atoms with E-state index in [1.165, 1.54) is 0 Å². The van der Waals surface area contributed by atoms with Crippen LogP contribution in [-0.2, 0) is 6.54 Å². The van der Waals surface area contributed by atoms with Crippen molar-refractivity contribution < 1.29 is 0 Å². The minimum absolute atomic E-state index is 0.502. The fraction of sp³-hybridized carbons (Fsp3) is 0.545. The third-order valence-electron chi connectivity index (χ3n) is 2.88. The van der Waals surface area contributed by atoms with Crippen LogP contribution in [0.3, 0.4) is 0 Å². The Labute approximate surface area is 106 Å². The summed E-state index contributed by atoms with van der Waals surface area (Å²) < 4.78 is 0. The van der Waals surface area contributed by atoms with Gasteiger partial charge in [0.2, 0.25) is 0 Å². The lowest BCUT2D eigenvalue weighted by Gasteiger charge is -2.33. The van der Waals surface area contributed by atoms with Crippen molar-refractivity contribution in [2.45, 2.75) is 19.5 Å². The van der Waals surface area contributed by atoms with E-state index < -0.39 is 0 Å². The Kier molecular flexibility index (Phi) is 4.03. The summed E-state index contributed by atoms with van der Waals surface area (Å²) in [6.07, 6.45) is 0. The third-order valence-corrected chi connectivity index (χ3v) is 3.43. The van der Waals surface area contributed by atoms with Crippen LogP contribution in [0.15, 0.2) is 12.1 Å². The monoisotopic (exact) mass is 259 g/mol. The van der Waals surface area contributed by atoms with Crippen molar-refractivity contribution in [2.75, 3.05) is 19.6 Å². The molecule has 5 heteroatoms. The smallest absolute Gasteiger partial charge is 0.129 e. The van der Waals surface area contributed by atoms with Crippen LogP contribution in [0.2, 0.25) is 10.2 Å². The molecule has 0 bridgehead atoms. The Bertz CT molecular complexity index is 370. The molecule has 1 aliphatic heterocycles. The van der Waals surface area contributed by atoms with Gasteiger partial charge in [-0.05, 0) is 19.1 Å². The van der Waals surface area contributed by atoms with Crippen molar-refractivity contribution in [3.8, 4) is 0 Å². The van der Waals surface area contributed by atoms with Crippen molar-refractivity contribution >= 4 is 23.2 Å². The second kappa shape index (κ2) is 5.32. The minimum atomic E-state index is 0.502. The molecular weight excluding hydrogens is 245 g/mol. The van der Waals surface area contributed by atoms with Gasteiger partial charge < -0.3 is 5.32 Å². The van der Waals surface area contributed by atoms with E-state index in [1.807, 2.05) is 0 Å². The van der Waals surface area contributed by atoms with Crippen molar-refractivity contribution in [1.82, 2.24) is 15.2 Å². The summed E-state index contributed by atoms with van der Waals surface area (Å²) in [5.41, 5.74) is 0.864. The van der Waals surface area contributed by atoms with E-state index >= 15 is 0 Å². The Balaban J connectivity index is 2.10. The van der Waals surface area contributed by atoms with Crippen LogP contribution in [0.4, 0.5) is 0 Å². The van der Waals surface area contributed by atoms with Gasteiger partial charge in [0, 0.05) is 32.2 Å². The molecule has 88 valence electrons. The number of hydrogen-bond donors (Lipinski definition) is 1. The first-order valence-corrected chi connectivity index (χ1v) is 6.18. The van der Waals surface area contributed by atoms with E-state index in [1.54, 1.807) is 12.1 Å². The van der Waals surface area contributed by atoms with E-state index in [-0.39, 0.29) is 0 Å². The fourth-order valence-corrected chi connectivity index (χ4v) is 2.21. The predicted octanol–water partition coefficient (Wildman–Crippen LogP) is 2.18.